The highest BCUT2D eigenvalue weighted by Gasteiger charge is 2.25. The number of amides is 2. The molecule has 2 amide bonds. The Morgan fingerprint density at radius 1 is 1.00 bits per heavy atom. The zero-order valence-electron chi connectivity index (χ0n) is 20.8. The van der Waals surface area contributed by atoms with Crippen LogP contribution in [0.3, 0.4) is 0 Å². The molecule has 1 aliphatic heterocycles. The molecule has 35 heavy (non-hydrogen) atoms. The van der Waals surface area contributed by atoms with Crippen LogP contribution in [0.15, 0.2) is 42.5 Å². The molecule has 0 saturated heterocycles. The minimum atomic E-state index is -0.0817. The molecule has 2 aromatic carbocycles. The lowest BCUT2D eigenvalue weighted by Gasteiger charge is -2.26. The van der Waals surface area contributed by atoms with Crippen molar-refractivity contribution in [1.29, 1.82) is 0 Å². The maximum Gasteiger partial charge on any atom is 0.251 e. The predicted molar refractivity (Wildman–Crippen MR) is 138 cm³/mol. The highest BCUT2D eigenvalue weighted by atomic mass is 16.5. The van der Waals surface area contributed by atoms with Crippen molar-refractivity contribution >= 4 is 11.8 Å². The van der Waals surface area contributed by atoms with Gasteiger partial charge >= 0.3 is 0 Å². The Bertz CT molecular complexity index is 1040. The molecular weight excluding hydrogens is 436 g/mol. The molecule has 5 nitrogen and oxygen atoms in total. The lowest BCUT2D eigenvalue weighted by atomic mass is 9.86. The fourth-order valence-corrected chi connectivity index (χ4v) is 5.59. The topological polar surface area (TPSA) is 58.6 Å². The number of fused-ring (bicyclic) bond motifs is 3. The van der Waals surface area contributed by atoms with Crippen LogP contribution in [0.1, 0.15) is 90.8 Å². The number of nitrogens with one attached hydrogen (secondary N) is 1. The molecule has 2 saturated carbocycles. The number of carbonyl (C=O) groups excluding carboxylic acids is 2. The van der Waals surface area contributed by atoms with Crippen LogP contribution in [0.2, 0.25) is 0 Å². The van der Waals surface area contributed by atoms with Gasteiger partial charge in [0.25, 0.3) is 5.91 Å². The molecule has 0 spiro atoms. The maximum absolute atomic E-state index is 13.1. The SMILES string of the molecule is O=C1NCCN(C(=O)CCC2CCCCC2)CCOc2ccc(C3CC3)cc2Cc2cccc1c2. The molecule has 2 aromatic rings. The second-order valence-electron chi connectivity index (χ2n) is 10.5. The van der Waals surface area contributed by atoms with Gasteiger partial charge in [0.15, 0.2) is 0 Å². The number of carbonyl (C=O) groups is 2. The average Bonchev–Trinajstić information content (AvgIpc) is 3.73. The third-order valence-electron chi connectivity index (χ3n) is 7.85. The Morgan fingerprint density at radius 3 is 2.69 bits per heavy atom. The van der Waals surface area contributed by atoms with Gasteiger partial charge in [-0.2, -0.15) is 0 Å². The summed E-state index contributed by atoms with van der Waals surface area (Å²) in [5, 5.41) is 3.01. The van der Waals surface area contributed by atoms with E-state index in [1.807, 2.05) is 23.1 Å². The van der Waals surface area contributed by atoms with Gasteiger partial charge in [-0.25, -0.2) is 0 Å². The van der Waals surface area contributed by atoms with Crippen LogP contribution in [-0.4, -0.2) is 43.0 Å². The van der Waals surface area contributed by atoms with E-state index in [0.29, 0.717) is 50.1 Å². The quantitative estimate of drug-likeness (QED) is 0.640. The Hall–Kier alpha value is -2.82. The van der Waals surface area contributed by atoms with Gasteiger partial charge < -0.3 is 15.0 Å². The van der Waals surface area contributed by atoms with E-state index in [-0.39, 0.29) is 11.8 Å². The Morgan fingerprint density at radius 2 is 1.86 bits per heavy atom. The summed E-state index contributed by atoms with van der Waals surface area (Å²) >= 11 is 0. The minimum Gasteiger partial charge on any atom is -0.491 e. The Kier molecular flexibility index (Phi) is 7.70. The third kappa shape index (κ3) is 6.45. The van der Waals surface area contributed by atoms with Gasteiger partial charge in [0.2, 0.25) is 5.91 Å². The van der Waals surface area contributed by atoms with Gasteiger partial charge in [-0.15, -0.1) is 0 Å². The summed E-state index contributed by atoms with van der Waals surface area (Å²) in [7, 11) is 0. The molecule has 0 aromatic heterocycles. The van der Waals surface area contributed by atoms with Crippen LogP contribution in [0.5, 0.6) is 5.75 Å². The standard InChI is InChI=1S/C30H38N2O3/c33-29(14-9-22-5-2-1-3-6-22)32-16-15-31-30(34)26-8-4-7-23(19-26)20-27-21-25(24-10-11-24)12-13-28(27)35-18-17-32/h4,7-8,12-13,19,21-22,24H,1-3,5-6,9-11,14-18,20H2,(H,31,34). The largest absolute Gasteiger partial charge is 0.491 e. The summed E-state index contributed by atoms with van der Waals surface area (Å²) in [6, 6.07) is 14.4. The van der Waals surface area contributed by atoms with E-state index in [2.05, 4.69) is 29.6 Å². The number of hydrogen-bond donors (Lipinski definition) is 1. The minimum absolute atomic E-state index is 0.0817. The van der Waals surface area contributed by atoms with Gasteiger partial charge in [0.05, 0.1) is 6.54 Å². The average molecular weight is 475 g/mol. The molecule has 0 unspecified atom stereocenters. The highest BCUT2D eigenvalue weighted by molar-refractivity contribution is 5.94. The summed E-state index contributed by atoms with van der Waals surface area (Å²) in [5.41, 5.74) is 4.30. The van der Waals surface area contributed by atoms with E-state index in [1.54, 1.807) is 0 Å². The van der Waals surface area contributed by atoms with Crippen molar-refractivity contribution in [2.75, 3.05) is 26.2 Å². The van der Waals surface area contributed by atoms with E-state index in [9.17, 15) is 9.59 Å². The van der Waals surface area contributed by atoms with Gasteiger partial charge in [-0.05, 0) is 66.0 Å². The molecule has 0 atom stereocenters. The zero-order valence-corrected chi connectivity index (χ0v) is 20.8. The van der Waals surface area contributed by atoms with Crippen molar-refractivity contribution in [2.24, 2.45) is 5.92 Å². The van der Waals surface area contributed by atoms with Gasteiger partial charge in [0, 0.05) is 31.5 Å². The van der Waals surface area contributed by atoms with Crippen molar-refractivity contribution in [3.05, 3.63) is 64.7 Å². The van der Waals surface area contributed by atoms with Crippen LogP contribution in [-0.2, 0) is 11.2 Å². The summed E-state index contributed by atoms with van der Waals surface area (Å²) in [6.07, 6.45) is 11.2. The third-order valence-corrected chi connectivity index (χ3v) is 7.85. The first-order valence-corrected chi connectivity index (χ1v) is 13.6. The predicted octanol–water partition coefficient (Wildman–Crippen LogP) is 5.47. The number of hydrogen-bond acceptors (Lipinski definition) is 3. The smallest absolute Gasteiger partial charge is 0.251 e. The van der Waals surface area contributed by atoms with Crippen LogP contribution >= 0.6 is 0 Å². The molecule has 1 heterocycles. The summed E-state index contributed by atoms with van der Waals surface area (Å²) in [5.74, 6) is 2.33. The summed E-state index contributed by atoms with van der Waals surface area (Å²) in [4.78, 5) is 27.8. The zero-order chi connectivity index (χ0) is 24.0. The number of benzene rings is 2. The van der Waals surface area contributed by atoms with Crippen LogP contribution < -0.4 is 10.1 Å². The van der Waals surface area contributed by atoms with E-state index in [4.69, 9.17) is 4.74 Å². The first-order chi connectivity index (χ1) is 17.2. The Labute approximate surface area is 209 Å². The van der Waals surface area contributed by atoms with Crippen molar-refractivity contribution in [3.63, 3.8) is 0 Å². The normalized spacial score (nSPS) is 19.8. The Balaban J connectivity index is 1.32. The van der Waals surface area contributed by atoms with Crippen LogP contribution in [0.4, 0.5) is 0 Å². The first kappa shape index (κ1) is 23.9. The molecule has 2 bridgehead atoms. The molecular formula is C30H38N2O3. The van der Waals surface area contributed by atoms with Gasteiger partial charge in [-0.1, -0.05) is 56.4 Å². The van der Waals surface area contributed by atoms with Crippen molar-refractivity contribution < 1.29 is 14.3 Å². The lowest BCUT2D eigenvalue weighted by molar-refractivity contribution is -0.131. The monoisotopic (exact) mass is 474 g/mol. The number of nitrogens with zero attached hydrogens (tertiary/aromatic N) is 1. The van der Waals surface area contributed by atoms with Crippen molar-refractivity contribution in [3.8, 4) is 5.75 Å². The molecule has 3 aliphatic rings. The van der Waals surface area contributed by atoms with Crippen molar-refractivity contribution in [2.45, 2.75) is 70.1 Å². The number of ether oxygens (including phenoxy) is 1. The summed E-state index contributed by atoms with van der Waals surface area (Å²) < 4.78 is 6.27. The van der Waals surface area contributed by atoms with Crippen LogP contribution in [0.25, 0.3) is 0 Å². The second kappa shape index (κ2) is 11.3. The number of rotatable bonds is 4. The molecule has 186 valence electrons. The highest BCUT2D eigenvalue weighted by Crippen LogP contribution is 2.41. The van der Waals surface area contributed by atoms with Gasteiger partial charge in [-0.3, -0.25) is 9.59 Å². The molecule has 5 rings (SSSR count). The van der Waals surface area contributed by atoms with E-state index < -0.39 is 0 Å². The van der Waals surface area contributed by atoms with E-state index in [0.717, 1.165) is 29.7 Å². The second-order valence-corrected chi connectivity index (χ2v) is 10.5. The van der Waals surface area contributed by atoms with Crippen LogP contribution in [0, 0.1) is 5.92 Å². The molecule has 5 heteroatoms. The molecule has 1 N–H and O–H groups in total. The fourth-order valence-electron chi connectivity index (χ4n) is 5.59. The molecule has 2 aliphatic carbocycles. The van der Waals surface area contributed by atoms with E-state index in [1.165, 1.54) is 50.5 Å². The summed E-state index contributed by atoms with van der Waals surface area (Å²) in [6.45, 7) is 1.94. The van der Waals surface area contributed by atoms with Gasteiger partial charge in [0.1, 0.15) is 12.4 Å². The van der Waals surface area contributed by atoms with E-state index >= 15 is 0 Å². The maximum atomic E-state index is 13.1. The molecule has 2 fully saturated rings. The van der Waals surface area contributed by atoms with Crippen molar-refractivity contribution in [1.82, 2.24) is 10.2 Å². The molecule has 0 radical (unpaired) electrons. The lowest BCUT2D eigenvalue weighted by Crippen LogP contribution is -2.41. The fraction of sp³-hybridized carbons (Fsp3) is 0.533. The first-order valence-electron chi connectivity index (χ1n) is 13.6.